The number of hydrogen-bond donors (Lipinski definition) is 2. The van der Waals surface area contributed by atoms with Gasteiger partial charge in [-0.3, -0.25) is 4.57 Å². The zero-order valence-corrected chi connectivity index (χ0v) is 17.7. The number of nitrogens with one attached hydrogen (secondary N) is 1. The lowest BCUT2D eigenvalue weighted by atomic mass is 10.0. The number of halogens is 1. The van der Waals surface area contributed by atoms with Crippen molar-refractivity contribution in [2.75, 3.05) is 5.73 Å². The highest BCUT2D eigenvalue weighted by atomic mass is 32.2. The van der Waals surface area contributed by atoms with Crippen LogP contribution in [-0.2, 0) is 10.0 Å². The van der Waals surface area contributed by atoms with Crippen LogP contribution in [0.4, 0.5) is 10.2 Å². The number of aromatic nitrogens is 2. The number of rotatable bonds is 5. The average Bonchev–Trinajstić information content (AvgIpc) is 3.24. The van der Waals surface area contributed by atoms with Crippen LogP contribution in [0.2, 0.25) is 0 Å². The number of anilines is 1. The molecule has 2 atom stereocenters. The molecule has 1 saturated carbocycles. The van der Waals surface area contributed by atoms with Crippen LogP contribution in [0.5, 0.6) is 0 Å². The molecule has 0 spiro atoms. The van der Waals surface area contributed by atoms with E-state index in [1.54, 1.807) is 42.5 Å². The summed E-state index contributed by atoms with van der Waals surface area (Å²) in [6.07, 6.45) is 2.35. The highest BCUT2D eigenvalue weighted by Gasteiger charge is 2.31. The minimum Gasteiger partial charge on any atom is -0.381 e. The van der Waals surface area contributed by atoms with Crippen molar-refractivity contribution in [3.8, 4) is 17.2 Å². The minimum absolute atomic E-state index is 0.111. The highest BCUT2D eigenvalue weighted by molar-refractivity contribution is 7.89. The van der Waals surface area contributed by atoms with Crippen LogP contribution < -0.4 is 16.1 Å². The van der Waals surface area contributed by atoms with E-state index in [-0.39, 0.29) is 10.9 Å². The Morgan fingerprint density at radius 1 is 1.16 bits per heavy atom. The molecule has 4 rings (SSSR count). The zero-order valence-electron chi connectivity index (χ0n) is 16.9. The third-order valence-corrected chi connectivity index (χ3v) is 7.06. The second-order valence-electron chi connectivity index (χ2n) is 7.67. The molecule has 3 aromatic rings. The van der Waals surface area contributed by atoms with Gasteiger partial charge in [-0.25, -0.2) is 22.3 Å². The fourth-order valence-corrected chi connectivity index (χ4v) is 5.23. The molecule has 2 aromatic carbocycles. The fraction of sp³-hybridized carbons (Fsp3) is 0.227. The van der Waals surface area contributed by atoms with Crippen molar-refractivity contribution in [2.24, 2.45) is 0 Å². The first-order valence-corrected chi connectivity index (χ1v) is 11.4. The van der Waals surface area contributed by atoms with E-state index < -0.39 is 33.4 Å². The maximum absolute atomic E-state index is 13.7. The number of sulfonamides is 1. The summed E-state index contributed by atoms with van der Waals surface area (Å²) in [4.78, 5) is 15.6. The predicted octanol–water partition coefficient (Wildman–Crippen LogP) is 2.58. The number of nitrogens with zero attached hydrogens (tertiary/aromatic N) is 3. The standard InChI is InChI=1S/C22H20FN5O3S/c23-20-13-28(22(29)26-21(20)25)18-9-8-17(11-18)27-32(30,31)19-3-1-2-16(10-19)15-6-4-14(12-24)5-7-15/h1-7,10,13,17-18,27H,8-9,11H2,(H2,25,26,29)/t17-,18-/m0/s1. The molecule has 0 aliphatic heterocycles. The molecule has 0 bridgehead atoms. The van der Waals surface area contributed by atoms with Crippen molar-refractivity contribution in [3.05, 3.63) is 76.6 Å². The Labute approximate surface area is 184 Å². The van der Waals surface area contributed by atoms with Crippen molar-refractivity contribution in [3.63, 3.8) is 0 Å². The summed E-state index contributed by atoms with van der Waals surface area (Å²) in [6.45, 7) is 0. The first kappa shape index (κ1) is 21.7. The number of nitrogen functional groups attached to an aromatic ring is 1. The van der Waals surface area contributed by atoms with Gasteiger partial charge >= 0.3 is 5.69 Å². The first-order chi connectivity index (χ1) is 15.3. The van der Waals surface area contributed by atoms with E-state index in [1.807, 2.05) is 6.07 Å². The Kier molecular flexibility index (Phi) is 5.78. The van der Waals surface area contributed by atoms with Crippen LogP contribution in [0, 0.1) is 17.1 Å². The van der Waals surface area contributed by atoms with Gasteiger partial charge < -0.3 is 5.73 Å². The first-order valence-electron chi connectivity index (χ1n) is 9.94. The molecule has 1 aliphatic rings. The van der Waals surface area contributed by atoms with Crippen molar-refractivity contribution >= 4 is 15.8 Å². The van der Waals surface area contributed by atoms with Crippen molar-refractivity contribution in [1.82, 2.24) is 14.3 Å². The van der Waals surface area contributed by atoms with Crippen LogP contribution in [0.3, 0.4) is 0 Å². The molecular formula is C22H20FN5O3S. The molecule has 0 saturated heterocycles. The average molecular weight is 453 g/mol. The van der Waals surface area contributed by atoms with Gasteiger partial charge in [-0.05, 0) is 54.7 Å². The molecular weight excluding hydrogens is 433 g/mol. The zero-order chi connectivity index (χ0) is 22.9. The van der Waals surface area contributed by atoms with E-state index in [2.05, 4.69) is 9.71 Å². The Morgan fingerprint density at radius 3 is 2.62 bits per heavy atom. The number of nitriles is 1. The predicted molar refractivity (Wildman–Crippen MR) is 116 cm³/mol. The van der Waals surface area contributed by atoms with E-state index in [4.69, 9.17) is 11.0 Å². The summed E-state index contributed by atoms with van der Waals surface area (Å²) in [5.74, 6) is -1.24. The van der Waals surface area contributed by atoms with E-state index >= 15 is 0 Å². The summed E-state index contributed by atoms with van der Waals surface area (Å²) in [5, 5.41) is 8.93. The number of benzene rings is 2. The fourth-order valence-electron chi connectivity index (χ4n) is 3.90. The largest absolute Gasteiger partial charge is 0.381 e. The lowest BCUT2D eigenvalue weighted by Gasteiger charge is -2.16. The number of hydrogen-bond acceptors (Lipinski definition) is 6. The monoisotopic (exact) mass is 453 g/mol. The van der Waals surface area contributed by atoms with Gasteiger partial charge in [0.15, 0.2) is 11.6 Å². The van der Waals surface area contributed by atoms with Gasteiger partial charge in [0.1, 0.15) is 0 Å². The lowest BCUT2D eigenvalue weighted by Crippen LogP contribution is -2.34. The molecule has 1 aromatic heterocycles. The van der Waals surface area contributed by atoms with Crippen LogP contribution in [0.1, 0.15) is 30.9 Å². The van der Waals surface area contributed by atoms with Crippen LogP contribution in [0.25, 0.3) is 11.1 Å². The molecule has 3 N–H and O–H groups in total. The molecule has 0 amide bonds. The van der Waals surface area contributed by atoms with E-state index in [0.29, 0.717) is 30.4 Å². The molecule has 0 unspecified atom stereocenters. The summed E-state index contributed by atoms with van der Waals surface area (Å²) < 4.78 is 43.5. The van der Waals surface area contributed by atoms with Crippen molar-refractivity contribution in [2.45, 2.75) is 36.2 Å². The van der Waals surface area contributed by atoms with Crippen molar-refractivity contribution < 1.29 is 12.8 Å². The van der Waals surface area contributed by atoms with E-state index in [1.165, 1.54) is 10.6 Å². The Balaban J connectivity index is 1.51. The van der Waals surface area contributed by atoms with Crippen LogP contribution in [-0.4, -0.2) is 24.0 Å². The summed E-state index contributed by atoms with van der Waals surface area (Å²) >= 11 is 0. The Morgan fingerprint density at radius 2 is 1.91 bits per heavy atom. The van der Waals surface area contributed by atoms with Gasteiger partial charge in [-0.2, -0.15) is 10.2 Å². The second-order valence-corrected chi connectivity index (χ2v) is 9.38. The second kappa shape index (κ2) is 8.53. The minimum atomic E-state index is -3.82. The van der Waals surface area contributed by atoms with E-state index in [9.17, 15) is 17.6 Å². The summed E-state index contributed by atoms with van der Waals surface area (Å²) in [6, 6.07) is 14.7. The quantitative estimate of drug-likeness (QED) is 0.610. The maximum Gasteiger partial charge on any atom is 0.349 e. The summed E-state index contributed by atoms with van der Waals surface area (Å²) in [5.41, 5.74) is 6.68. The van der Waals surface area contributed by atoms with Gasteiger partial charge in [0.05, 0.1) is 16.5 Å². The smallest absolute Gasteiger partial charge is 0.349 e. The summed E-state index contributed by atoms with van der Waals surface area (Å²) in [7, 11) is -3.82. The SMILES string of the molecule is N#Cc1ccc(-c2cccc(S(=O)(=O)N[C@H]3CC[C@H](n4cc(F)c(N)nc4=O)C3)c2)cc1. The third-order valence-electron chi connectivity index (χ3n) is 5.55. The normalized spacial score (nSPS) is 18.4. The third kappa shape index (κ3) is 4.39. The molecule has 1 fully saturated rings. The van der Waals surface area contributed by atoms with Gasteiger partial charge in [-0.1, -0.05) is 24.3 Å². The van der Waals surface area contributed by atoms with Gasteiger partial charge in [0.2, 0.25) is 10.0 Å². The van der Waals surface area contributed by atoms with Gasteiger partial charge in [0.25, 0.3) is 0 Å². The van der Waals surface area contributed by atoms with Gasteiger partial charge in [0, 0.05) is 18.3 Å². The Bertz CT molecular complexity index is 1360. The molecule has 1 aliphatic carbocycles. The van der Waals surface area contributed by atoms with Gasteiger partial charge in [-0.15, -0.1) is 0 Å². The highest BCUT2D eigenvalue weighted by Crippen LogP contribution is 2.31. The van der Waals surface area contributed by atoms with Crippen LogP contribution in [0.15, 0.2) is 64.4 Å². The molecule has 1 heterocycles. The maximum atomic E-state index is 13.7. The van der Waals surface area contributed by atoms with Crippen LogP contribution >= 0.6 is 0 Å². The molecule has 0 radical (unpaired) electrons. The molecule has 10 heteroatoms. The molecule has 32 heavy (non-hydrogen) atoms. The molecule has 164 valence electrons. The lowest BCUT2D eigenvalue weighted by molar-refractivity contribution is 0.461. The topological polar surface area (TPSA) is 131 Å². The molecule has 8 nitrogen and oxygen atoms in total. The van der Waals surface area contributed by atoms with Crippen molar-refractivity contribution in [1.29, 1.82) is 5.26 Å². The Hall–Kier alpha value is -3.55. The van der Waals surface area contributed by atoms with E-state index in [0.717, 1.165) is 11.8 Å². The number of nitrogens with two attached hydrogens (primary N) is 1.